The average Bonchev–Trinajstić information content (AvgIpc) is 3.52. The summed E-state index contributed by atoms with van der Waals surface area (Å²) in [6, 6.07) is 13.8. The SMILES string of the molecule is CCOc1cc(F)c(Cn2nc(-c3nc4c(c(Nc5ccnc(C)c5)n3)CSC4)c3ccccc32)c(F)c1. The van der Waals surface area contributed by atoms with E-state index in [2.05, 4.69) is 10.3 Å². The smallest absolute Gasteiger partial charge is 0.183 e. The minimum absolute atomic E-state index is 0.0880. The topological polar surface area (TPSA) is 77.8 Å². The number of aromatic nitrogens is 5. The highest BCUT2D eigenvalue weighted by atomic mass is 32.2. The molecule has 0 aliphatic carbocycles. The van der Waals surface area contributed by atoms with Gasteiger partial charge in [-0.3, -0.25) is 9.67 Å². The van der Waals surface area contributed by atoms with Crippen molar-refractivity contribution < 1.29 is 13.5 Å². The van der Waals surface area contributed by atoms with Crippen molar-refractivity contribution >= 4 is 34.2 Å². The number of hydrogen-bond donors (Lipinski definition) is 1. The van der Waals surface area contributed by atoms with Crippen molar-refractivity contribution in [3.8, 4) is 17.3 Å². The number of fused-ring (bicyclic) bond motifs is 2. The van der Waals surface area contributed by atoms with Gasteiger partial charge in [-0.05, 0) is 32.0 Å². The maximum Gasteiger partial charge on any atom is 0.183 e. The number of anilines is 2. The molecule has 0 bridgehead atoms. The van der Waals surface area contributed by atoms with Gasteiger partial charge in [-0.25, -0.2) is 18.7 Å². The van der Waals surface area contributed by atoms with Gasteiger partial charge in [-0.2, -0.15) is 16.9 Å². The Balaban J connectivity index is 1.43. The lowest BCUT2D eigenvalue weighted by Gasteiger charge is -2.12. The first-order chi connectivity index (χ1) is 18.5. The number of aryl methyl sites for hydroxylation is 1. The van der Waals surface area contributed by atoms with Crippen molar-refractivity contribution in [1.82, 2.24) is 24.7 Å². The standard InChI is InChI=1S/C28H24F2N6OS/c1-3-37-18-11-22(29)20(23(30)12-18)13-36-25-7-5-4-6-19(25)26(35-36)28-33-24-15-38-14-21(24)27(34-28)32-17-8-9-31-16(2)10-17/h4-12H,3,13-15H2,1-2H3,(H,31,32,33,34). The highest BCUT2D eigenvalue weighted by Crippen LogP contribution is 2.37. The van der Waals surface area contributed by atoms with E-state index in [1.54, 1.807) is 29.6 Å². The minimum atomic E-state index is -0.681. The monoisotopic (exact) mass is 530 g/mol. The molecule has 4 heterocycles. The zero-order chi connectivity index (χ0) is 26.2. The van der Waals surface area contributed by atoms with Gasteiger partial charge in [0.25, 0.3) is 0 Å². The fourth-order valence-electron chi connectivity index (χ4n) is 4.56. The molecule has 1 N–H and O–H groups in total. The Morgan fingerprint density at radius 3 is 2.66 bits per heavy atom. The fraction of sp³-hybridized carbons (Fsp3) is 0.214. The minimum Gasteiger partial charge on any atom is -0.494 e. The van der Waals surface area contributed by atoms with Crippen LogP contribution in [0.3, 0.4) is 0 Å². The molecule has 5 aromatic rings. The number of ether oxygens (including phenoxy) is 1. The van der Waals surface area contributed by atoms with Crippen molar-refractivity contribution in [1.29, 1.82) is 0 Å². The van der Waals surface area contributed by atoms with E-state index >= 15 is 0 Å². The molecule has 0 radical (unpaired) electrons. The van der Waals surface area contributed by atoms with Gasteiger partial charge < -0.3 is 10.1 Å². The molecule has 10 heteroatoms. The first kappa shape index (κ1) is 24.3. The van der Waals surface area contributed by atoms with Crippen molar-refractivity contribution in [3.05, 3.63) is 88.9 Å². The molecule has 1 aliphatic heterocycles. The average molecular weight is 531 g/mol. The van der Waals surface area contributed by atoms with Crippen LogP contribution in [0, 0.1) is 18.6 Å². The highest BCUT2D eigenvalue weighted by molar-refractivity contribution is 7.98. The van der Waals surface area contributed by atoms with Gasteiger partial charge in [-0.15, -0.1) is 0 Å². The molecule has 38 heavy (non-hydrogen) atoms. The molecule has 2 aromatic carbocycles. The van der Waals surface area contributed by atoms with Crippen LogP contribution in [-0.4, -0.2) is 31.3 Å². The molecule has 3 aromatic heterocycles. The van der Waals surface area contributed by atoms with Crippen LogP contribution in [0.5, 0.6) is 5.75 Å². The van der Waals surface area contributed by atoms with Gasteiger partial charge in [0.1, 0.15) is 28.9 Å². The van der Waals surface area contributed by atoms with E-state index in [0.717, 1.165) is 50.9 Å². The third kappa shape index (κ3) is 4.56. The molecule has 0 saturated carbocycles. The molecule has 6 rings (SSSR count). The zero-order valence-corrected chi connectivity index (χ0v) is 21.6. The second-order valence-electron chi connectivity index (χ2n) is 8.95. The summed E-state index contributed by atoms with van der Waals surface area (Å²) < 4.78 is 36.6. The van der Waals surface area contributed by atoms with Crippen molar-refractivity contribution in [3.63, 3.8) is 0 Å². The molecule has 0 saturated heterocycles. The first-order valence-corrected chi connectivity index (χ1v) is 13.4. The van der Waals surface area contributed by atoms with Gasteiger partial charge in [0.05, 0.1) is 24.4 Å². The number of rotatable bonds is 7. The molecular weight excluding hydrogens is 506 g/mol. The van der Waals surface area contributed by atoms with Crippen LogP contribution in [0.25, 0.3) is 22.4 Å². The Labute approximate surface area is 222 Å². The van der Waals surface area contributed by atoms with Crippen molar-refractivity contribution in [2.24, 2.45) is 0 Å². The van der Waals surface area contributed by atoms with E-state index in [1.807, 2.05) is 43.3 Å². The van der Waals surface area contributed by atoms with E-state index in [-0.39, 0.29) is 17.9 Å². The van der Waals surface area contributed by atoms with Gasteiger partial charge >= 0.3 is 0 Å². The molecule has 0 atom stereocenters. The third-order valence-electron chi connectivity index (χ3n) is 6.34. The summed E-state index contributed by atoms with van der Waals surface area (Å²) >= 11 is 1.78. The first-order valence-electron chi connectivity index (χ1n) is 12.2. The Morgan fingerprint density at radius 1 is 1.05 bits per heavy atom. The van der Waals surface area contributed by atoms with Gasteiger partial charge in [0, 0.05) is 57.7 Å². The van der Waals surface area contributed by atoms with Gasteiger partial charge in [0.15, 0.2) is 5.82 Å². The van der Waals surface area contributed by atoms with Gasteiger partial charge in [0.2, 0.25) is 0 Å². The summed E-state index contributed by atoms with van der Waals surface area (Å²) in [6.45, 7) is 3.93. The lowest BCUT2D eigenvalue weighted by Crippen LogP contribution is -2.08. The summed E-state index contributed by atoms with van der Waals surface area (Å²) in [4.78, 5) is 14.0. The van der Waals surface area contributed by atoms with E-state index in [4.69, 9.17) is 19.8 Å². The molecule has 0 unspecified atom stereocenters. The van der Waals surface area contributed by atoms with Crippen molar-refractivity contribution in [2.45, 2.75) is 31.9 Å². The quantitative estimate of drug-likeness (QED) is 0.260. The van der Waals surface area contributed by atoms with E-state index in [9.17, 15) is 8.78 Å². The Morgan fingerprint density at radius 2 is 1.87 bits per heavy atom. The lowest BCUT2D eigenvalue weighted by atomic mass is 10.1. The maximum absolute atomic E-state index is 14.9. The van der Waals surface area contributed by atoms with E-state index < -0.39 is 11.6 Å². The molecular formula is C28H24F2N6OS. The zero-order valence-electron chi connectivity index (χ0n) is 20.8. The summed E-state index contributed by atoms with van der Waals surface area (Å²) in [6.07, 6.45) is 1.75. The Hall–Kier alpha value is -4.05. The predicted octanol–water partition coefficient (Wildman–Crippen LogP) is 6.41. The maximum atomic E-state index is 14.9. The van der Waals surface area contributed by atoms with Crippen LogP contribution < -0.4 is 10.1 Å². The second-order valence-corrected chi connectivity index (χ2v) is 9.93. The molecule has 0 fully saturated rings. The highest BCUT2D eigenvalue weighted by Gasteiger charge is 2.24. The predicted molar refractivity (Wildman–Crippen MR) is 145 cm³/mol. The third-order valence-corrected chi connectivity index (χ3v) is 7.31. The summed E-state index contributed by atoms with van der Waals surface area (Å²) in [5.41, 5.74) is 5.00. The summed E-state index contributed by atoms with van der Waals surface area (Å²) in [5.74, 6) is 1.57. The fourth-order valence-corrected chi connectivity index (χ4v) is 5.61. The van der Waals surface area contributed by atoms with Crippen LogP contribution >= 0.6 is 11.8 Å². The number of nitrogens with one attached hydrogen (secondary N) is 1. The number of hydrogen-bond acceptors (Lipinski definition) is 7. The molecule has 0 amide bonds. The Bertz CT molecular complexity index is 1650. The number of thioether (sulfide) groups is 1. The lowest BCUT2D eigenvalue weighted by molar-refractivity contribution is 0.335. The summed E-state index contributed by atoms with van der Waals surface area (Å²) in [5, 5.41) is 9.00. The van der Waals surface area contributed by atoms with Crippen LogP contribution in [0.4, 0.5) is 20.3 Å². The molecule has 192 valence electrons. The number of benzene rings is 2. The summed E-state index contributed by atoms with van der Waals surface area (Å²) in [7, 11) is 0. The largest absolute Gasteiger partial charge is 0.494 e. The molecule has 7 nitrogen and oxygen atoms in total. The van der Waals surface area contributed by atoms with Crippen LogP contribution in [0.15, 0.2) is 54.7 Å². The number of pyridine rings is 1. The molecule has 0 spiro atoms. The molecule has 1 aliphatic rings. The van der Waals surface area contributed by atoms with Crippen LogP contribution in [-0.2, 0) is 18.1 Å². The van der Waals surface area contributed by atoms with Gasteiger partial charge in [-0.1, -0.05) is 18.2 Å². The van der Waals surface area contributed by atoms with E-state index in [1.165, 1.54) is 12.1 Å². The van der Waals surface area contributed by atoms with Crippen molar-refractivity contribution in [2.75, 3.05) is 11.9 Å². The van der Waals surface area contributed by atoms with E-state index in [0.29, 0.717) is 18.1 Å². The number of para-hydroxylation sites is 1. The van der Waals surface area contributed by atoms with Crippen LogP contribution in [0.2, 0.25) is 0 Å². The number of halogens is 2. The Kier molecular flexibility index (Phi) is 6.40. The number of nitrogens with zero attached hydrogens (tertiary/aromatic N) is 5. The van der Waals surface area contributed by atoms with Crippen LogP contribution in [0.1, 0.15) is 29.4 Å². The second kappa shape index (κ2) is 10.0. The normalized spacial score (nSPS) is 12.6.